The number of amides is 1. The molecule has 0 aromatic heterocycles. The Morgan fingerprint density at radius 1 is 1.08 bits per heavy atom. The maximum absolute atomic E-state index is 12.2. The van der Waals surface area contributed by atoms with Crippen molar-refractivity contribution in [2.45, 2.75) is 6.92 Å². The Hall–Kier alpha value is -2.60. The SMILES string of the molecule is COc1cc(NCC(=O)Nc2cccc(Cl)c2C)cc(OC)c1OC. The zero-order valence-electron chi connectivity index (χ0n) is 14.6. The van der Waals surface area contributed by atoms with E-state index in [0.717, 1.165) is 5.56 Å². The molecule has 134 valence electrons. The molecule has 2 aromatic carbocycles. The normalized spacial score (nSPS) is 10.1. The number of methoxy groups -OCH3 is 3. The van der Waals surface area contributed by atoms with Gasteiger partial charge in [-0.1, -0.05) is 17.7 Å². The highest BCUT2D eigenvalue weighted by atomic mass is 35.5. The van der Waals surface area contributed by atoms with Gasteiger partial charge in [-0.2, -0.15) is 0 Å². The lowest BCUT2D eigenvalue weighted by Gasteiger charge is -2.15. The van der Waals surface area contributed by atoms with Crippen molar-refractivity contribution < 1.29 is 19.0 Å². The highest BCUT2D eigenvalue weighted by molar-refractivity contribution is 6.31. The number of ether oxygens (including phenoxy) is 3. The van der Waals surface area contributed by atoms with E-state index in [2.05, 4.69) is 10.6 Å². The monoisotopic (exact) mass is 364 g/mol. The highest BCUT2D eigenvalue weighted by Gasteiger charge is 2.14. The van der Waals surface area contributed by atoms with Gasteiger partial charge in [-0.15, -0.1) is 0 Å². The Kier molecular flexibility index (Phi) is 6.36. The molecule has 0 saturated carbocycles. The minimum Gasteiger partial charge on any atom is -0.493 e. The van der Waals surface area contributed by atoms with E-state index < -0.39 is 0 Å². The molecule has 0 saturated heterocycles. The minimum atomic E-state index is -0.195. The number of hydrogen-bond acceptors (Lipinski definition) is 5. The fraction of sp³-hybridized carbons (Fsp3) is 0.278. The predicted octanol–water partition coefficient (Wildman–Crippen LogP) is 3.72. The first-order valence-electron chi connectivity index (χ1n) is 7.59. The second-order valence-electron chi connectivity index (χ2n) is 5.23. The number of anilines is 2. The van der Waals surface area contributed by atoms with Gasteiger partial charge in [0, 0.05) is 28.5 Å². The van der Waals surface area contributed by atoms with Gasteiger partial charge in [-0.3, -0.25) is 4.79 Å². The molecule has 0 aliphatic carbocycles. The van der Waals surface area contributed by atoms with E-state index in [-0.39, 0.29) is 12.5 Å². The van der Waals surface area contributed by atoms with Crippen LogP contribution in [0.5, 0.6) is 17.2 Å². The fourth-order valence-electron chi connectivity index (χ4n) is 2.30. The molecular formula is C18H21ClN2O4. The molecule has 2 rings (SSSR count). The molecule has 1 amide bonds. The number of hydrogen-bond donors (Lipinski definition) is 2. The summed E-state index contributed by atoms with van der Waals surface area (Å²) in [5.41, 5.74) is 2.18. The molecular weight excluding hydrogens is 344 g/mol. The Labute approximate surface area is 152 Å². The first-order chi connectivity index (χ1) is 12.0. The van der Waals surface area contributed by atoms with Gasteiger partial charge in [0.15, 0.2) is 11.5 Å². The summed E-state index contributed by atoms with van der Waals surface area (Å²) < 4.78 is 15.9. The zero-order valence-corrected chi connectivity index (χ0v) is 15.4. The summed E-state index contributed by atoms with van der Waals surface area (Å²) in [6.07, 6.45) is 0. The highest BCUT2D eigenvalue weighted by Crippen LogP contribution is 2.39. The second-order valence-corrected chi connectivity index (χ2v) is 5.64. The van der Waals surface area contributed by atoms with Crippen molar-refractivity contribution in [2.75, 3.05) is 38.5 Å². The number of carbonyl (C=O) groups excluding carboxylic acids is 1. The minimum absolute atomic E-state index is 0.0740. The van der Waals surface area contributed by atoms with Gasteiger partial charge in [0.05, 0.1) is 27.9 Å². The molecule has 0 unspecified atom stereocenters. The molecule has 0 aliphatic rings. The average Bonchev–Trinajstić information content (AvgIpc) is 2.62. The molecule has 6 nitrogen and oxygen atoms in total. The summed E-state index contributed by atoms with van der Waals surface area (Å²) >= 11 is 6.06. The van der Waals surface area contributed by atoms with E-state index >= 15 is 0 Å². The van der Waals surface area contributed by atoms with Crippen LogP contribution < -0.4 is 24.8 Å². The van der Waals surface area contributed by atoms with E-state index in [1.54, 1.807) is 30.3 Å². The predicted molar refractivity (Wildman–Crippen MR) is 99.4 cm³/mol. The number of halogens is 1. The van der Waals surface area contributed by atoms with Gasteiger partial charge in [0.2, 0.25) is 11.7 Å². The topological polar surface area (TPSA) is 68.8 Å². The number of nitrogens with one attached hydrogen (secondary N) is 2. The van der Waals surface area contributed by atoms with Gasteiger partial charge >= 0.3 is 0 Å². The van der Waals surface area contributed by atoms with Gasteiger partial charge < -0.3 is 24.8 Å². The van der Waals surface area contributed by atoms with E-state index in [1.165, 1.54) is 21.3 Å². The number of rotatable bonds is 7. The first-order valence-corrected chi connectivity index (χ1v) is 7.96. The van der Waals surface area contributed by atoms with Crippen LogP contribution in [0, 0.1) is 6.92 Å². The second kappa shape index (κ2) is 8.48. The Morgan fingerprint density at radius 3 is 2.28 bits per heavy atom. The molecule has 0 aliphatic heterocycles. The molecule has 0 heterocycles. The molecule has 0 spiro atoms. The largest absolute Gasteiger partial charge is 0.493 e. The third-order valence-electron chi connectivity index (χ3n) is 3.66. The molecule has 0 fully saturated rings. The van der Waals surface area contributed by atoms with Crippen molar-refractivity contribution in [3.8, 4) is 17.2 Å². The first kappa shape index (κ1) is 18.7. The van der Waals surface area contributed by atoms with Crippen LogP contribution in [0.25, 0.3) is 0 Å². The summed E-state index contributed by atoms with van der Waals surface area (Å²) in [6.45, 7) is 1.93. The van der Waals surface area contributed by atoms with Crippen LogP contribution in [0.1, 0.15) is 5.56 Å². The number of carbonyl (C=O) groups is 1. The molecule has 0 radical (unpaired) electrons. The molecule has 0 atom stereocenters. The van der Waals surface area contributed by atoms with Crippen LogP contribution in [0.2, 0.25) is 5.02 Å². The molecule has 2 N–H and O–H groups in total. The van der Waals surface area contributed by atoms with Crippen LogP contribution in [0.4, 0.5) is 11.4 Å². The van der Waals surface area contributed by atoms with Crippen LogP contribution in [0.15, 0.2) is 30.3 Å². The van der Waals surface area contributed by atoms with Crippen molar-refractivity contribution in [1.82, 2.24) is 0 Å². The van der Waals surface area contributed by atoms with E-state index in [0.29, 0.717) is 33.6 Å². The molecule has 0 bridgehead atoms. The van der Waals surface area contributed by atoms with Crippen LogP contribution in [-0.2, 0) is 4.79 Å². The van der Waals surface area contributed by atoms with Crippen molar-refractivity contribution >= 4 is 28.9 Å². The molecule has 7 heteroatoms. The van der Waals surface area contributed by atoms with Crippen molar-refractivity contribution in [3.05, 3.63) is 40.9 Å². The van der Waals surface area contributed by atoms with Gasteiger partial charge in [0.1, 0.15) is 0 Å². The third kappa shape index (κ3) is 4.48. The zero-order chi connectivity index (χ0) is 18.4. The molecule has 2 aromatic rings. The number of benzene rings is 2. The maximum Gasteiger partial charge on any atom is 0.243 e. The van der Waals surface area contributed by atoms with Gasteiger partial charge in [-0.25, -0.2) is 0 Å². The quantitative estimate of drug-likeness (QED) is 0.783. The lowest BCUT2D eigenvalue weighted by atomic mass is 10.2. The summed E-state index contributed by atoms with van der Waals surface area (Å²) in [5.74, 6) is 1.32. The van der Waals surface area contributed by atoms with Crippen molar-refractivity contribution in [1.29, 1.82) is 0 Å². The summed E-state index contributed by atoms with van der Waals surface area (Å²) in [4.78, 5) is 12.2. The summed E-state index contributed by atoms with van der Waals surface area (Å²) in [7, 11) is 4.61. The van der Waals surface area contributed by atoms with Gasteiger partial charge in [-0.05, 0) is 24.6 Å². The Balaban J connectivity index is 2.08. The van der Waals surface area contributed by atoms with Crippen molar-refractivity contribution in [3.63, 3.8) is 0 Å². The van der Waals surface area contributed by atoms with Gasteiger partial charge in [0.25, 0.3) is 0 Å². The molecule has 25 heavy (non-hydrogen) atoms. The summed E-state index contributed by atoms with van der Waals surface area (Å²) in [6, 6.07) is 8.84. The Bertz CT molecular complexity index is 740. The van der Waals surface area contributed by atoms with E-state index in [4.69, 9.17) is 25.8 Å². The van der Waals surface area contributed by atoms with Crippen LogP contribution in [0.3, 0.4) is 0 Å². The van der Waals surface area contributed by atoms with E-state index in [1.807, 2.05) is 6.92 Å². The standard InChI is InChI=1S/C18H21ClN2O4/c1-11-13(19)6-5-7-14(11)21-17(22)10-20-12-8-15(23-2)18(25-4)16(9-12)24-3/h5-9,20H,10H2,1-4H3,(H,21,22). The van der Waals surface area contributed by atoms with Crippen LogP contribution in [-0.4, -0.2) is 33.8 Å². The van der Waals surface area contributed by atoms with E-state index in [9.17, 15) is 4.79 Å². The Morgan fingerprint density at radius 2 is 1.72 bits per heavy atom. The third-order valence-corrected chi connectivity index (χ3v) is 4.07. The maximum atomic E-state index is 12.2. The lowest BCUT2D eigenvalue weighted by molar-refractivity contribution is -0.114. The average molecular weight is 365 g/mol. The fourth-order valence-corrected chi connectivity index (χ4v) is 2.48. The lowest BCUT2D eigenvalue weighted by Crippen LogP contribution is -2.22. The smallest absolute Gasteiger partial charge is 0.243 e. The van der Waals surface area contributed by atoms with Crippen molar-refractivity contribution in [2.24, 2.45) is 0 Å². The summed E-state index contributed by atoms with van der Waals surface area (Å²) in [5, 5.41) is 6.47. The van der Waals surface area contributed by atoms with Crippen LogP contribution >= 0.6 is 11.6 Å².